The van der Waals surface area contributed by atoms with Gasteiger partial charge in [0, 0.05) is 18.0 Å². The van der Waals surface area contributed by atoms with E-state index >= 15 is 0 Å². The molecule has 0 aliphatic heterocycles. The van der Waals surface area contributed by atoms with Crippen molar-refractivity contribution in [1.82, 2.24) is 14.4 Å². The first-order valence-corrected chi connectivity index (χ1v) is 7.92. The van der Waals surface area contributed by atoms with Crippen LogP contribution in [-0.2, 0) is 6.61 Å². The largest absolute Gasteiger partial charge is 0.392 e. The van der Waals surface area contributed by atoms with Crippen LogP contribution in [0.3, 0.4) is 0 Å². The molecule has 3 heterocycles. The molecule has 0 spiro atoms. The maximum Gasteiger partial charge on any atom is 0.137 e. The standard InChI is InChI=1S/C19H14ClN3O/c20-18-10-14(7-8-21-18)16-11-23-17(5-2-6-19(23)22-16)15-4-1-3-13(9-15)12-24/h1-11,24H,12H2. The number of hydrogen-bond acceptors (Lipinski definition) is 3. The van der Waals surface area contributed by atoms with Crippen LogP contribution in [0.2, 0.25) is 5.15 Å². The van der Waals surface area contributed by atoms with E-state index in [4.69, 9.17) is 11.6 Å². The summed E-state index contributed by atoms with van der Waals surface area (Å²) in [5.41, 5.74) is 5.54. The highest BCUT2D eigenvalue weighted by Crippen LogP contribution is 2.26. The van der Waals surface area contributed by atoms with Gasteiger partial charge < -0.3 is 5.11 Å². The predicted molar refractivity (Wildman–Crippen MR) is 94.8 cm³/mol. The third-order valence-electron chi connectivity index (χ3n) is 3.92. The Bertz CT molecular complexity index is 1030. The minimum atomic E-state index is 0.0223. The summed E-state index contributed by atoms with van der Waals surface area (Å²) in [7, 11) is 0. The van der Waals surface area contributed by atoms with E-state index in [0.29, 0.717) is 5.15 Å². The minimum Gasteiger partial charge on any atom is -0.392 e. The molecule has 4 nitrogen and oxygen atoms in total. The van der Waals surface area contributed by atoms with E-state index in [1.165, 1.54) is 0 Å². The smallest absolute Gasteiger partial charge is 0.137 e. The van der Waals surface area contributed by atoms with Crippen LogP contribution in [0.15, 0.2) is 67.0 Å². The van der Waals surface area contributed by atoms with Crippen molar-refractivity contribution in [3.63, 3.8) is 0 Å². The first-order chi connectivity index (χ1) is 11.7. The molecule has 0 saturated heterocycles. The third-order valence-corrected chi connectivity index (χ3v) is 4.13. The van der Waals surface area contributed by atoms with Crippen LogP contribution in [0.25, 0.3) is 28.2 Å². The van der Waals surface area contributed by atoms with Crippen molar-refractivity contribution in [2.75, 3.05) is 0 Å². The third kappa shape index (κ3) is 2.66. The number of imidazole rings is 1. The van der Waals surface area contributed by atoms with Gasteiger partial charge in [-0.25, -0.2) is 9.97 Å². The first kappa shape index (κ1) is 14.9. The average molecular weight is 336 g/mol. The van der Waals surface area contributed by atoms with Crippen LogP contribution in [0, 0.1) is 0 Å². The molecule has 0 bridgehead atoms. The molecule has 0 saturated carbocycles. The summed E-state index contributed by atoms with van der Waals surface area (Å²) in [6.07, 6.45) is 3.66. The van der Waals surface area contributed by atoms with E-state index in [1.807, 2.05) is 59.1 Å². The van der Waals surface area contributed by atoms with Crippen molar-refractivity contribution in [2.24, 2.45) is 0 Å². The zero-order valence-corrected chi connectivity index (χ0v) is 13.5. The van der Waals surface area contributed by atoms with Crippen molar-refractivity contribution in [3.8, 4) is 22.5 Å². The summed E-state index contributed by atoms with van der Waals surface area (Å²) >= 11 is 5.98. The van der Waals surface area contributed by atoms with E-state index < -0.39 is 0 Å². The maximum absolute atomic E-state index is 9.36. The minimum absolute atomic E-state index is 0.0223. The summed E-state index contributed by atoms with van der Waals surface area (Å²) in [6, 6.07) is 17.5. The van der Waals surface area contributed by atoms with Crippen molar-refractivity contribution in [2.45, 2.75) is 6.61 Å². The van der Waals surface area contributed by atoms with Gasteiger partial charge >= 0.3 is 0 Å². The molecule has 24 heavy (non-hydrogen) atoms. The fourth-order valence-corrected chi connectivity index (χ4v) is 2.95. The second kappa shape index (κ2) is 6.07. The van der Waals surface area contributed by atoms with Crippen molar-refractivity contribution < 1.29 is 5.11 Å². The maximum atomic E-state index is 9.36. The summed E-state index contributed by atoms with van der Waals surface area (Å²) in [6.45, 7) is 0.0223. The molecule has 0 aliphatic carbocycles. The Morgan fingerprint density at radius 2 is 1.88 bits per heavy atom. The fourth-order valence-electron chi connectivity index (χ4n) is 2.78. The van der Waals surface area contributed by atoms with Crippen molar-refractivity contribution >= 4 is 17.2 Å². The molecule has 4 rings (SSSR count). The molecule has 0 radical (unpaired) electrons. The van der Waals surface area contributed by atoms with Gasteiger partial charge in [-0.2, -0.15) is 0 Å². The second-order valence-corrected chi connectivity index (χ2v) is 5.88. The number of aliphatic hydroxyl groups excluding tert-OH is 1. The number of fused-ring (bicyclic) bond motifs is 1. The number of aromatic nitrogens is 3. The van der Waals surface area contributed by atoms with Gasteiger partial charge in [-0.15, -0.1) is 0 Å². The number of halogens is 1. The molecule has 1 aromatic carbocycles. The summed E-state index contributed by atoms with van der Waals surface area (Å²) in [5, 5.41) is 9.81. The van der Waals surface area contributed by atoms with Gasteiger partial charge in [-0.3, -0.25) is 4.40 Å². The van der Waals surface area contributed by atoms with Crippen LogP contribution >= 0.6 is 11.6 Å². The van der Waals surface area contributed by atoms with Crippen LogP contribution in [0.4, 0.5) is 0 Å². The molecule has 0 fully saturated rings. The second-order valence-electron chi connectivity index (χ2n) is 5.49. The number of rotatable bonds is 3. The Morgan fingerprint density at radius 3 is 2.71 bits per heavy atom. The molecular weight excluding hydrogens is 322 g/mol. The lowest BCUT2D eigenvalue weighted by atomic mass is 10.1. The Balaban J connectivity index is 1.88. The van der Waals surface area contributed by atoms with E-state index in [2.05, 4.69) is 9.97 Å². The van der Waals surface area contributed by atoms with Crippen LogP contribution in [0.1, 0.15) is 5.56 Å². The Labute approximate surface area is 144 Å². The number of hydrogen-bond donors (Lipinski definition) is 1. The van der Waals surface area contributed by atoms with Gasteiger partial charge in [-0.1, -0.05) is 35.9 Å². The highest BCUT2D eigenvalue weighted by atomic mass is 35.5. The monoisotopic (exact) mass is 335 g/mol. The zero-order chi connectivity index (χ0) is 16.5. The van der Waals surface area contributed by atoms with E-state index in [-0.39, 0.29) is 6.61 Å². The van der Waals surface area contributed by atoms with Gasteiger partial charge in [-0.05, 0) is 41.5 Å². The quantitative estimate of drug-likeness (QED) is 0.571. The van der Waals surface area contributed by atoms with E-state index in [1.54, 1.807) is 12.3 Å². The Hall–Kier alpha value is -2.69. The van der Waals surface area contributed by atoms with Crippen LogP contribution in [-0.4, -0.2) is 19.5 Å². The molecule has 4 aromatic rings. The van der Waals surface area contributed by atoms with Crippen molar-refractivity contribution in [1.29, 1.82) is 0 Å². The van der Waals surface area contributed by atoms with Gasteiger partial charge in [0.1, 0.15) is 10.8 Å². The van der Waals surface area contributed by atoms with Crippen LogP contribution in [0.5, 0.6) is 0 Å². The predicted octanol–water partition coefficient (Wildman–Crippen LogP) is 4.21. The van der Waals surface area contributed by atoms with Gasteiger partial charge in [0.15, 0.2) is 0 Å². The number of benzene rings is 1. The molecule has 0 atom stereocenters. The topological polar surface area (TPSA) is 50.4 Å². The van der Waals surface area contributed by atoms with Gasteiger partial charge in [0.05, 0.1) is 18.0 Å². The average Bonchev–Trinajstić information content (AvgIpc) is 3.06. The van der Waals surface area contributed by atoms with Crippen molar-refractivity contribution in [3.05, 3.63) is 77.7 Å². The lowest BCUT2D eigenvalue weighted by molar-refractivity contribution is 0.282. The summed E-state index contributed by atoms with van der Waals surface area (Å²) in [4.78, 5) is 8.69. The highest BCUT2D eigenvalue weighted by Gasteiger charge is 2.09. The molecular formula is C19H14ClN3O. The number of nitrogens with zero attached hydrogens (tertiary/aromatic N) is 3. The molecule has 0 aliphatic rings. The SMILES string of the molecule is OCc1cccc(-c2cccc3nc(-c4ccnc(Cl)c4)cn23)c1. The Kier molecular flexibility index (Phi) is 3.76. The molecule has 3 aromatic heterocycles. The lowest BCUT2D eigenvalue weighted by Gasteiger charge is -2.06. The van der Waals surface area contributed by atoms with E-state index in [0.717, 1.165) is 33.7 Å². The molecule has 0 unspecified atom stereocenters. The molecule has 5 heteroatoms. The lowest BCUT2D eigenvalue weighted by Crippen LogP contribution is -1.91. The molecule has 0 amide bonds. The van der Waals surface area contributed by atoms with Crippen LogP contribution < -0.4 is 0 Å². The summed E-state index contributed by atoms with van der Waals surface area (Å²) < 4.78 is 2.04. The van der Waals surface area contributed by atoms with Gasteiger partial charge in [0.2, 0.25) is 0 Å². The Morgan fingerprint density at radius 1 is 1.00 bits per heavy atom. The first-order valence-electron chi connectivity index (χ1n) is 7.55. The highest BCUT2D eigenvalue weighted by molar-refractivity contribution is 6.29. The van der Waals surface area contributed by atoms with E-state index in [9.17, 15) is 5.11 Å². The normalized spacial score (nSPS) is 11.1. The number of aliphatic hydroxyl groups is 1. The number of pyridine rings is 2. The fraction of sp³-hybridized carbons (Fsp3) is 0.0526. The summed E-state index contributed by atoms with van der Waals surface area (Å²) in [5.74, 6) is 0. The molecule has 1 N–H and O–H groups in total. The van der Waals surface area contributed by atoms with Gasteiger partial charge in [0.25, 0.3) is 0 Å². The molecule has 118 valence electrons. The zero-order valence-electron chi connectivity index (χ0n) is 12.7.